The van der Waals surface area contributed by atoms with Crippen molar-refractivity contribution in [2.45, 2.75) is 19.9 Å². The summed E-state index contributed by atoms with van der Waals surface area (Å²) in [6.07, 6.45) is 4.63. The molecule has 0 fully saturated rings. The molecule has 4 heteroatoms. The topological polar surface area (TPSA) is 54.5 Å². The molecule has 0 saturated carbocycles. The van der Waals surface area contributed by atoms with Crippen LogP contribution in [-0.4, -0.2) is 36.4 Å². The van der Waals surface area contributed by atoms with Crippen molar-refractivity contribution in [2.24, 2.45) is 10.7 Å². The van der Waals surface area contributed by atoms with Crippen molar-refractivity contribution in [2.75, 3.05) is 20.6 Å². The van der Waals surface area contributed by atoms with Gasteiger partial charge < -0.3 is 10.6 Å². The molecule has 0 atom stereocenters. The fourth-order valence-corrected chi connectivity index (χ4v) is 2.82. The van der Waals surface area contributed by atoms with Gasteiger partial charge in [-0.15, -0.1) is 0 Å². The van der Waals surface area contributed by atoms with E-state index in [0.29, 0.717) is 5.84 Å². The van der Waals surface area contributed by atoms with E-state index in [1.54, 1.807) is 7.05 Å². The van der Waals surface area contributed by atoms with Gasteiger partial charge in [0.2, 0.25) is 0 Å². The van der Waals surface area contributed by atoms with Gasteiger partial charge in [0, 0.05) is 38.4 Å². The quantitative estimate of drug-likeness (QED) is 0.449. The van der Waals surface area contributed by atoms with Gasteiger partial charge in [-0.25, -0.2) is 0 Å². The van der Waals surface area contributed by atoms with Gasteiger partial charge in [-0.3, -0.25) is 9.98 Å². The monoisotopic (exact) mass is 348 g/mol. The van der Waals surface area contributed by atoms with E-state index < -0.39 is 0 Å². The molecule has 136 valence electrons. The number of aliphatic imine (C=N–C) groups is 1. The van der Waals surface area contributed by atoms with Crippen molar-refractivity contribution in [1.82, 2.24) is 9.88 Å². The minimum absolute atomic E-state index is 0.540. The highest BCUT2D eigenvalue weighted by atomic mass is 15.1. The first kappa shape index (κ1) is 19.6. The van der Waals surface area contributed by atoms with E-state index in [4.69, 9.17) is 5.73 Å². The molecular formula is C22H28N4. The molecule has 0 aliphatic rings. The van der Waals surface area contributed by atoms with Crippen molar-refractivity contribution < 1.29 is 0 Å². The van der Waals surface area contributed by atoms with Crippen LogP contribution in [0, 0.1) is 0 Å². The van der Waals surface area contributed by atoms with Gasteiger partial charge in [0.15, 0.2) is 0 Å². The summed E-state index contributed by atoms with van der Waals surface area (Å²) in [6, 6.07) is 14.6. The van der Waals surface area contributed by atoms with E-state index in [1.807, 2.05) is 31.3 Å². The Hall–Kier alpha value is -2.72. The minimum atomic E-state index is 0.540. The molecule has 2 N–H and O–H groups in total. The Labute approximate surface area is 156 Å². The Bertz CT molecular complexity index is 774. The highest BCUT2D eigenvalue weighted by Crippen LogP contribution is 2.21. The van der Waals surface area contributed by atoms with Gasteiger partial charge in [-0.05, 0) is 48.4 Å². The third kappa shape index (κ3) is 5.39. The molecule has 1 heterocycles. The zero-order valence-corrected chi connectivity index (χ0v) is 15.9. The molecule has 0 amide bonds. The molecule has 0 spiro atoms. The Balaban J connectivity index is 2.01. The summed E-state index contributed by atoms with van der Waals surface area (Å²) in [7, 11) is 3.83. The largest absolute Gasteiger partial charge is 0.384 e. The van der Waals surface area contributed by atoms with Crippen molar-refractivity contribution >= 4 is 11.4 Å². The Morgan fingerprint density at radius 1 is 1.23 bits per heavy atom. The van der Waals surface area contributed by atoms with Gasteiger partial charge in [0.25, 0.3) is 0 Å². The van der Waals surface area contributed by atoms with Crippen LogP contribution in [0.5, 0.6) is 0 Å². The lowest BCUT2D eigenvalue weighted by molar-refractivity contribution is 0.330. The smallest absolute Gasteiger partial charge is 0.121 e. The molecule has 0 radical (unpaired) electrons. The van der Waals surface area contributed by atoms with Gasteiger partial charge in [0.1, 0.15) is 5.84 Å². The molecule has 0 aliphatic heterocycles. The first-order valence-corrected chi connectivity index (χ1v) is 8.79. The summed E-state index contributed by atoms with van der Waals surface area (Å²) >= 11 is 0. The van der Waals surface area contributed by atoms with Crippen molar-refractivity contribution in [3.63, 3.8) is 0 Å². The standard InChI is InChI=1S/C22H28N4/c1-5-21(17(2)22(23)24-3)19-11-9-18(10-12-19)16-26(4)15-13-20-8-6-7-14-25-20/h5-12,14H,1,13,15-16H2,2-4H3,(H2,23,24)/b21-17+. The van der Waals surface area contributed by atoms with Crippen molar-refractivity contribution in [1.29, 1.82) is 0 Å². The zero-order valence-electron chi connectivity index (χ0n) is 15.9. The summed E-state index contributed by atoms with van der Waals surface area (Å²) in [5, 5.41) is 0. The average molecular weight is 348 g/mol. The summed E-state index contributed by atoms with van der Waals surface area (Å²) in [4.78, 5) is 10.7. The van der Waals surface area contributed by atoms with Crippen LogP contribution >= 0.6 is 0 Å². The molecule has 0 saturated heterocycles. The lowest BCUT2D eigenvalue weighted by Crippen LogP contribution is -2.21. The van der Waals surface area contributed by atoms with Crippen LogP contribution in [0.2, 0.25) is 0 Å². The van der Waals surface area contributed by atoms with Crippen LogP contribution in [0.1, 0.15) is 23.7 Å². The second-order valence-corrected chi connectivity index (χ2v) is 6.36. The maximum atomic E-state index is 5.94. The number of amidine groups is 1. The number of nitrogens with zero attached hydrogens (tertiary/aromatic N) is 3. The van der Waals surface area contributed by atoms with E-state index in [-0.39, 0.29) is 0 Å². The third-order valence-corrected chi connectivity index (χ3v) is 4.43. The van der Waals surface area contributed by atoms with E-state index in [2.05, 4.69) is 58.8 Å². The van der Waals surface area contributed by atoms with Crippen LogP contribution in [0.25, 0.3) is 5.57 Å². The molecule has 4 nitrogen and oxygen atoms in total. The van der Waals surface area contributed by atoms with E-state index >= 15 is 0 Å². The fraction of sp³-hybridized carbons (Fsp3) is 0.273. The maximum Gasteiger partial charge on any atom is 0.121 e. The molecule has 0 unspecified atom stereocenters. The van der Waals surface area contributed by atoms with E-state index in [1.165, 1.54) is 5.56 Å². The fourth-order valence-electron chi connectivity index (χ4n) is 2.82. The molecule has 26 heavy (non-hydrogen) atoms. The predicted molar refractivity (Wildman–Crippen MR) is 111 cm³/mol. The van der Waals surface area contributed by atoms with Crippen LogP contribution in [0.3, 0.4) is 0 Å². The Morgan fingerprint density at radius 3 is 2.54 bits per heavy atom. The van der Waals surface area contributed by atoms with E-state index in [0.717, 1.165) is 41.9 Å². The number of allylic oxidation sites excluding steroid dienone is 2. The second-order valence-electron chi connectivity index (χ2n) is 6.36. The molecule has 0 aliphatic carbocycles. The summed E-state index contributed by atoms with van der Waals surface area (Å²) in [6.45, 7) is 7.76. The van der Waals surface area contributed by atoms with Crippen molar-refractivity contribution in [3.8, 4) is 0 Å². The average Bonchev–Trinajstić information content (AvgIpc) is 2.68. The number of benzene rings is 1. The maximum absolute atomic E-state index is 5.94. The minimum Gasteiger partial charge on any atom is -0.384 e. The normalized spacial score (nSPS) is 12.8. The number of aromatic nitrogens is 1. The molecule has 0 bridgehead atoms. The van der Waals surface area contributed by atoms with Crippen LogP contribution < -0.4 is 5.73 Å². The summed E-state index contributed by atoms with van der Waals surface area (Å²) < 4.78 is 0. The SMILES string of the molecule is C=C/C(=C(/C)C(N)=NC)c1ccc(CN(C)CCc2ccccn2)cc1. The van der Waals surface area contributed by atoms with Gasteiger partial charge in [-0.1, -0.05) is 43.0 Å². The first-order valence-electron chi connectivity index (χ1n) is 8.79. The highest BCUT2D eigenvalue weighted by Gasteiger charge is 2.07. The van der Waals surface area contributed by atoms with Crippen LogP contribution in [0.4, 0.5) is 0 Å². The van der Waals surface area contributed by atoms with Crippen molar-refractivity contribution in [3.05, 3.63) is 83.7 Å². The number of likely N-dealkylation sites (N-methyl/N-ethyl adjacent to an activating group) is 1. The molecule has 1 aromatic heterocycles. The van der Waals surface area contributed by atoms with Gasteiger partial charge in [0.05, 0.1) is 0 Å². The van der Waals surface area contributed by atoms with Gasteiger partial charge in [-0.2, -0.15) is 0 Å². The third-order valence-electron chi connectivity index (χ3n) is 4.43. The summed E-state index contributed by atoms with van der Waals surface area (Å²) in [5.74, 6) is 0.540. The Kier molecular flexibility index (Phi) is 7.30. The zero-order chi connectivity index (χ0) is 18.9. The lowest BCUT2D eigenvalue weighted by Gasteiger charge is -2.17. The van der Waals surface area contributed by atoms with Crippen LogP contribution in [0.15, 0.2) is 71.9 Å². The number of hydrogen-bond donors (Lipinski definition) is 1. The van der Waals surface area contributed by atoms with Crippen LogP contribution in [-0.2, 0) is 13.0 Å². The number of pyridine rings is 1. The lowest BCUT2D eigenvalue weighted by atomic mass is 9.99. The number of nitrogens with two attached hydrogens (primary N) is 1. The summed E-state index contributed by atoms with van der Waals surface area (Å²) in [5.41, 5.74) is 11.4. The highest BCUT2D eigenvalue weighted by molar-refractivity contribution is 6.04. The second kappa shape index (κ2) is 9.68. The number of rotatable bonds is 8. The van der Waals surface area contributed by atoms with E-state index in [9.17, 15) is 0 Å². The first-order chi connectivity index (χ1) is 12.5. The Morgan fingerprint density at radius 2 is 1.96 bits per heavy atom. The molecular weight excluding hydrogens is 320 g/mol. The molecule has 1 aromatic carbocycles. The number of hydrogen-bond acceptors (Lipinski definition) is 3. The molecule has 2 rings (SSSR count). The molecule has 2 aromatic rings. The van der Waals surface area contributed by atoms with Gasteiger partial charge >= 0.3 is 0 Å². The predicted octanol–water partition coefficient (Wildman–Crippen LogP) is 3.70.